The average Bonchev–Trinajstić information content (AvgIpc) is 2.83. The number of rotatable bonds is 11. The van der Waals surface area contributed by atoms with Crippen molar-refractivity contribution in [3.63, 3.8) is 0 Å². The first kappa shape index (κ1) is 27.3. The van der Waals surface area contributed by atoms with Crippen LogP contribution in [-0.2, 0) is 28.7 Å². The van der Waals surface area contributed by atoms with Crippen LogP contribution < -0.4 is 0 Å². The van der Waals surface area contributed by atoms with E-state index < -0.39 is 59.9 Å². The van der Waals surface area contributed by atoms with Gasteiger partial charge in [0, 0.05) is 5.57 Å². The number of carbonyl (C=O) groups excluding carboxylic acids is 2. The van der Waals surface area contributed by atoms with E-state index in [1.165, 1.54) is 13.8 Å². The zero-order valence-corrected chi connectivity index (χ0v) is 20.1. The van der Waals surface area contributed by atoms with E-state index in [1.807, 2.05) is 12.1 Å². The molecule has 2 N–H and O–H groups in total. The third kappa shape index (κ3) is 7.53. The van der Waals surface area contributed by atoms with Crippen LogP contribution in [0.4, 0.5) is 0 Å². The zero-order chi connectivity index (χ0) is 26.1. The number of esters is 2. The fraction of sp³-hybridized carbons (Fsp3) is 0.333. The molecule has 35 heavy (non-hydrogen) atoms. The van der Waals surface area contributed by atoms with Crippen LogP contribution in [0.15, 0.2) is 71.8 Å². The van der Waals surface area contributed by atoms with Gasteiger partial charge in [-0.05, 0) is 44.4 Å². The Labute approximate surface area is 204 Å². The predicted molar refractivity (Wildman–Crippen MR) is 127 cm³/mol. The SMILES string of the molecule is CC(C(=O)OC(C)c1ccccc1)C(=C(CC(=O)O)C(=O)O)C(C)C(=O)OC(C)c1ccccc1. The summed E-state index contributed by atoms with van der Waals surface area (Å²) in [4.78, 5) is 49.4. The van der Waals surface area contributed by atoms with Crippen LogP contribution in [0.2, 0.25) is 0 Å². The van der Waals surface area contributed by atoms with Gasteiger partial charge in [-0.25, -0.2) is 4.79 Å². The summed E-state index contributed by atoms with van der Waals surface area (Å²) in [5.74, 6) is -6.92. The van der Waals surface area contributed by atoms with Crippen molar-refractivity contribution >= 4 is 23.9 Å². The molecule has 0 bridgehead atoms. The first-order valence-corrected chi connectivity index (χ1v) is 11.2. The molecule has 8 heteroatoms. The van der Waals surface area contributed by atoms with E-state index in [9.17, 15) is 29.4 Å². The number of ether oxygens (including phenoxy) is 2. The largest absolute Gasteiger partial charge is 0.481 e. The van der Waals surface area contributed by atoms with Crippen molar-refractivity contribution in [3.05, 3.63) is 82.9 Å². The van der Waals surface area contributed by atoms with Crippen molar-refractivity contribution < 1.29 is 38.9 Å². The molecule has 2 aromatic carbocycles. The van der Waals surface area contributed by atoms with Crippen LogP contribution in [0.5, 0.6) is 0 Å². The second-order valence-corrected chi connectivity index (χ2v) is 8.23. The van der Waals surface area contributed by atoms with Gasteiger partial charge in [0.15, 0.2) is 0 Å². The quantitative estimate of drug-likeness (QED) is 0.348. The van der Waals surface area contributed by atoms with Gasteiger partial charge in [-0.3, -0.25) is 14.4 Å². The fourth-order valence-electron chi connectivity index (χ4n) is 3.74. The number of hydrogen-bond acceptors (Lipinski definition) is 6. The van der Waals surface area contributed by atoms with Gasteiger partial charge < -0.3 is 19.7 Å². The minimum absolute atomic E-state index is 0.157. The van der Waals surface area contributed by atoms with Gasteiger partial charge in [-0.1, -0.05) is 60.7 Å². The van der Waals surface area contributed by atoms with Crippen molar-refractivity contribution in [2.24, 2.45) is 11.8 Å². The number of carboxylic acids is 2. The Bertz CT molecular complexity index is 1010. The second-order valence-electron chi connectivity index (χ2n) is 8.23. The first-order valence-electron chi connectivity index (χ1n) is 11.2. The number of aliphatic carboxylic acids is 2. The molecule has 2 rings (SSSR count). The monoisotopic (exact) mass is 482 g/mol. The van der Waals surface area contributed by atoms with Gasteiger partial charge >= 0.3 is 23.9 Å². The summed E-state index contributed by atoms with van der Waals surface area (Å²) < 4.78 is 11.1. The lowest BCUT2D eigenvalue weighted by molar-refractivity contribution is -0.154. The molecule has 4 unspecified atom stereocenters. The van der Waals surface area contributed by atoms with Crippen LogP contribution in [0, 0.1) is 11.8 Å². The molecule has 0 saturated carbocycles. The average molecular weight is 483 g/mol. The van der Waals surface area contributed by atoms with Crippen LogP contribution >= 0.6 is 0 Å². The van der Waals surface area contributed by atoms with Crippen LogP contribution in [0.3, 0.4) is 0 Å². The van der Waals surface area contributed by atoms with Crippen molar-refractivity contribution in [1.82, 2.24) is 0 Å². The molecule has 4 atom stereocenters. The van der Waals surface area contributed by atoms with Crippen LogP contribution in [0.25, 0.3) is 0 Å². The highest BCUT2D eigenvalue weighted by atomic mass is 16.5. The molecular weight excluding hydrogens is 452 g/mol. The van der Waals surface area contributed by atoms with Gasteiger partial charge in [0.25, 0.3) is 0 Å². The van der Waals surface area contributed by atoms with E-state index in [4.69, 9.17) is 9.47 Å². The molecule has 2 aromatic rings. The smallest absolute Gasteiger partial charge is 0.332 e. The normalized spacial score (nSPS) is 14.1. The molecule has 0 spiro atoms. The van der Waals surface area contributed by atoms with E-state index in [0.29, 0.717) is 0 Å². The third-order valence-corrected chi connectivity index (χ3v) is 5.70. The van der Waals surface area contributed by atoms with E-state index in [1.54, 1.807) is 62.4 Å². The molecule has 0 aliphatic carbocycles. The molecule has 0 radical (unpaired) electrons. The minimum atomic E-state index is -1.53. The topological polar surface area (TPSA) is 127 Å². The maximum absolute atomic E-state index is 13.0. The summed E-state index contributed by atoms with van der Waals surface area (Å²) in [6.45, 7) is 6.12. The Morgan fingerprint density at radius 1 is 0.686 bits per heavy atom. The van der Waals surface area contributed by atoms with E-state index in [2.05, 4.69) is 0 Å². The molecule has 0 aromatic heterocycles. The second kappa shape index (κ2) is 12.5. The Kier molecular flexibility index (Phi) is 9.75. The Hall–Kier alpha value is -3.94. The van der Waals surface area contributed by atoms with Crippen molar-refractivity contribution in [2.75, 3.05) is 0 Å². The third-order valence-electron chi connectivity index (χ3n) is 5.70. The van der Waals surface area contributed by atoms with Crippen LogP contribution in [-0.4, -0.2) is 34.1 Å². The lowest BCUT2D eigenvalue weighted by Gasteiger charge is -2.25. The highest BCUT2D eigenvalue weighted by Gasteiger charge is 2.35. The highest BCUT2D eigenvalue weighted by Crippen LogP contribution is 2.31. The maximum atomic E-state index is 13.0. The zero-order valence-electron chi connectivity index (χ0n) is 20.1. The van der Waals surface area contributed by atoms with Gasteiger partial charge in [0.1, 0.15) is 12.2 Å². The minimum Gasteiger partial charge on any atom is -0.481 e. The van der Waals surface area contributed by atoms with Gasteiger partial charge in [-0.15, -0.1) is 0 Å². The molecule has 0 amide bonds. The molecule has 0 heterocycles. The molecule has 8 nitrogen and oxygen atoms in total. The van der Waals surface area contributed by atoms with Gasteiger partial charge in [0.2, 0.25) is 0 Å². The summed E-state index contributed by atoms with van der Waals surface area (Å²) in [5, 5.41) is 19.0. The lowest BCUT2D eigenvalue weighted by Crippen LogP contribution is -2.30. The van der Waals surface area contributed by atoms with Gasteiger partial charge in [-0.2, -0.15) is 0 Å². The summed E-state index contributed by atoms with van der Waals surface area (Å²) in [6.07, 6.45) is -2.15. The molecule has 0 fully saturated rings. The molecule has 0 saturated heterocycles. The van der Waals surface area contributed by atoms with Crippen molar-refractivity contribution in [3.8, 4) is 0 Å². The highest BCUT2D eigenvalue weighted by molar-refractivity contribution is 5.96. The van der Waals surface area contributed by atoms with Crippen molar-refractivity contribution in [1.29, 1.82) is 0 Å². The lowest BCUT2D eigenvalue weighted by atomic mass is 9.84. The Balaban J connectivity index is 2.36. The Morgan fingerprint density at radius 3 is 1.37 bits per heavy atom. The molecule has 0 aliphatic heterocycles. The number of carbonyl (C=O) groups is 4. The fourth-order valence-corrected chi connectivity index (χ4v) is 3.74. The van der Waals surface area contributed by atoms with Gasteiger partial charge in [0.05, 0.1) is 18.3 Å². The summed E-state index contributed by atoms with van der Waals surface area (Å²) >= 11 is 0. The Morgan fingerprint density at radius 2 is 1.06 bits per heavy atom. The van der Waals surface area contributed by atoms with E-state index in [-0.39, 0.29) is 5.57 Å². The van der Waals surface area contributed by atoms with Crippen molar-refractivity contribution in [2.45, 2.75) is 46.3 Å². The molecular formula is C27H30O8. The van der Waals surface area contributed by atoms with E-state index in [0.717, 1.165) is 11.1 Å². The summed E-state index contributed by atoms with van der Waals surface area (Å²) in [6, 6.07) is 17.9. The number of carboxylic acid groups (broad SMARTS) is 2. The first-order chi connectivity index (χ1) is 16.5. The summed E-state index contributed by atoms with van der Waals surface area (Å²) in [7, 11) is 0. The standard InChI is InChI=1S/C27H30O8/c1-16(26(32)34-18(3)20-11-7-5-8-12-20)24(22(25(30)31)15-23(28)29)17(2)27(33)35-19(4)21-13-9-6-10-14-21/h5-14,16-19H,15H2,1-4H3,(H,28,29)(H,30,31). The molecule has 0 aliphatic rings. The number of hydrogen-bond donors (Lipinski definition) is 2. The maximum Gasteiger partial charge on any atom is 0.332 e. The number of benzene rings is 2. The molecule has 186 valence electrons. The van der Waals surface area contributed by atoms with E-state index >= 15 is 0 Å². The van der Waals surface area contributed by atoms with Crippen LogP contribution in [0.1, 0.15) is 57.5 Å². The predicted octanol–water partition coefficient (Wildman–Crippen LogP) is 4.72. The summed E-state index contributed by atoms with van der Waals surface area (Å²) in [5.41, 5.74) is 0.750.